The van der Waals surface area contributed by atoms with Crippen molar-refractivity contribution in [3.05, 3.63) is 28.8 Å². The summed E-state index contributed by atoms with van der Waals surface area (Å²) in [5.41, 5.74) is -0.319. The maximum atomic E-state index is 11.4. The fourth-order valence-electron chi connectivity index (χ4n) is 2.26. The Hall–Kier alpha value is -1.26. The summed E-state index contributed by atoms with van der Waals surface area (Å²) in [5, 5.41) is 13.4. The summed E-state index contributed by atoms with van der Waals surface area (Å²) in [7, 11) is 0. The lowest BCUT2D eigenvalue weighted by Gasteiger charge is -2.39. The number of carboxylic acids is 1. The van der Waals surface area contributed by atoms with Crippen LogP contribution in [0.5, 0.6) is 5.75 Å². The van der Waals surface area contributed by atoms with E-state index in [9.17, 15) is 9.90 Å². The lowest BCUT2D eigenvalue weighted by atomic mass is 9.74. The third kappa shape index (κ3) is 3.16. The molecule has 0 amide bonds. The minimum atomic E-state index is -0.873. The van der Waals surface area contributed by atoms with E-state index in [-0.39, 0.29) is 6.10 Å². The van der Waals surface area contributed by atoms with E-state index < -0.39 is 16.9 Å². The van der Waals surface area contributed by atoms with E-state index >= 15 is 0 Å². The highest BCUT2D eigenvalue weighted by Crippen LogP contribution is 2.33. The van der Waals surface area contributed by atoms with Gasteiger partial charge in [-0.05, 0) is 51.5 Å². The minimum absolute atomic E-state index is 0.00216. The maximum absolute atomic E-state index is 11.4. The summed E-state index contributed by atoms with van der Waals surface area (Å²) in [6, 6.07) is 5.61. The van der Waals surface area contributed by atoms with Gasteiger partial charge < -0.3 is 15.2 Å². The summed E-state index contributed by atoms with van der Waals surface area (Å²) in [4.78, 5) is 11.4. The molecule has 2 N–H and O–H groups in total. The smallest absolute Gasteiger partial charge is 0.310 e. The molecule has 0 radical (unpaired) electrons. The van der Waals surface area contributed by atoms with E-state index in [4.69, 9.17) is 16.3 Å². The van der Waals surface area contributed by atoms with Gasteiger partial charge in [-0.15, -0.1) is 0 Å². The van der Waals surface area contributed by atoms with Crippen LogP contribution in [-0.2, 0) is 11.2 Å². The molecule has 4 nitrogen and oxygen atoms in total. The standard InChI is InChI=1S/C16H22ClNO3/c1-15(2,14(19)20)16(3,4)18-9-12-8-10-7-11(17)5-6-13(10)21-12/h5-7,12,18H,8-9H2,1-4H3,(H,19,20). The number of benzene rings is 1. The second-order valence-corrected chi connectivity index (χ2v) is 7.07. The predicted octanol–water partition coefficient (Wildman–Crippen LogP) is 3.12. The topological polar surface area (TPSA) is 58.6 Å². The monoisotopic (exact) mass is 311 g/mol. The summed E-state index contributed by atoms with van der Waals surface area (Å²) in [6.45, 7) is 7.86. The molecule has 5 heteroatoms. The molecule has 0 aliphatic carbocycles. The Labute approximate surface area is 130 Å². The fourth-order valence-corrected chi connectivity index (χ4v) is 2.45. The van der Waals surface area contributed by atoms with Gasteiger partial charge in [-0.2, -0.15) is 0 Å². The molecule has 1 aliphatic heterocycles. The molecule has 1 atom stereocenters. The molecule has 1 unspecified atom stereocenters. The Morgan fingerprint density at radius 3 is 2.71 bits per heavy atom. The van der Waals surface area contributed by atoms with Crippen LogP contribution in [0.4, 0.5) is 0 Å². The second-order valence-electron chi connectivity index (χ2n) is 6.63. The van der Waals surface area contributed by atoms with Crippen LogP contribution < -0.4 is 10.1 Å². The van der Waals surface area contributed by atoms with Crippen LogP contribution in [0.15, 0.2) is 18.2 Å². The molecule has 0 bridgehead atoms. The van der Waals surface area contributed by atoms with Gasteiger partial charge in [0.05, 0.1) is 5.41 Å². The molecule has 116 valence electrons. The number of halogens is 1. The first kappa shape index (κ1) is 16.1. The average molecular weight is 312 g/mol. The van der Waals surface area contributed by atoms with Crippen molar-refractivity contribution in [3.63, 3.8) is 0 Å². The zero-order chi connectivity index (χ0) is 15.8. The summed E-state index contributed by atoms with van der Waals surface area (Å²) >= 11 is 5.98. The van der Waals surface area contributed by atoms with Crippen molar-refractivity contribution >= 4 is 17.6 Å². The van der Waals surface area contributed by atoms with Crippen molar-refractivity contribution in [1.82, 2.24) is 5.32 Å². The zero-order valence-electron chi connectivity index (χ0n) is 12.9. The van der Waals surface area contributed by atoms with Crippen LogP contribution in [0.25, 0.3) is 0 Å². The van der Waals surface area contributed by atoms with E-state index in [0.29, 0.717) is 11.6 Å². The van der Waals surface area contributed by atoms with Crippen LogP contribution in [-0.4, -0.2) is 29.3 Å². The van der Waals surface area contributed by atoms with Crippen molar-refractivity contribution in [2.75, 3.05) is 6.54 Å². The maximum Gasteiger partial charge on any atom is 0.310 e. The first-order chi connectivity index (χ1) is 9.63. The van der Waals surface area contributed by atoms with Gasteiger partial charge in [0.25, 0.3) is 0 Å². The fraction of sp³-hybridized carbons (Fsp3) is 0.562. The van der Waals surface area contributed by atoms with Crippen LogP contribution in [0.2, 0.25) is 5.02 Å². The van der Waals surface area contributed by atoms with Crippen molar-refractivity contribution in [2.45, 2.75) is 45.8 Å². The van der Waals surface area contributed by atoms with Gasteiger partial charge in [0.1, 0.15) is 11.9 Å². The molecule has 1 aliphatic rings. The molecule has 1 aromatic carbocycles. The number of nitrogens with one attached hydrogen (secondary N) is 1. The van der Waals surface area contributed by atoms with Gasteiger partial charge in [-0.1, -0.05) is 11.6 Å². The quantitative estimate of drug-likeness (QED) is 0.877. The second kappa shape index (κ2) is 5.50. The van der Waals surface area contributed by atoms with Gasteiger partial charge in [0.2, 0.25) is 0 Å². The van der Waals surface area contributed by atoms with Crippen molar-refractivity contribution < 1.29 is 14.6 Å². The largest absolute Gasteiger partial charge is 0.488 e. The number of aliphatic carboxylic acids is 1. The summed E-state index contributed by atoms with van der Waals surface area (Å²) < 4.78 is 5.86. The third-order valence-corrected chi connectivity index (χ3v) is 4.87. The Balaban J connectivity index is 1.98. The summed E-state index contributed by atoms with van der Waals surface area (Å²) in [5.74, 6) is 0.0453. The van der Waals surface area contributed by atoms with E-state index in [1.54, 1.807) is 13.8 Å². The average Bonchev–Trinajstić information content (AvgIpc) is 2.78. The zero-order valence-corrected chi connectivity index (χ0v) is 13.6. The number of carboxylic acid groups (broad SMARTS) is 1. The van der Waals surface area contributed by atoms with Crippen LogP contribution in [0.3, 0.4) is 0 Å². The van der Waals surface area contributed by atoms with Gasteiger partial charge in [-0.3, -0.25) is 4.79 Å². The van der Waals surface area contributed by atoms with Gasteiger partial charge in [-0.25, -0.2) is 0 Å². The highest BCUT2D eigenvalue weighted by atomic mass is 35.5. The molecule has 2 rings (SSSR count). The number of hydrogen-bond donors (Lipinski definition) is 2. The number of fused-ring (bicyclic) bond motifs is 1. The Kier molecular flexibility index (Phi) is 4.22. The molecule has 1 heterocycles. The molecular formula is C16H22ClNO3. The van der Waals surface area contributed by atoms with Gasteiger partial charge in [0.15, 0.2) is 0 Å². The molecule has 1 aromatic rings. The normalized spacial score (nSPS) is 18.2. The van der Waals surface area contributed by atoms with Crippen molar-refractivity contribution in [1.29, 1.82) is 0 Å². The number of rotatable bonds is 5. The molecule has 0 aromatic heterocycles. The number of hydrogen-bond acceptors (Lipinski definition) is 3. The molecule has 0 spiro atoms. The Morgan fingerprint density at radius 1 is 1.43 bits per heavy atom. The summed E-state index contributed by atoms with van der Waals surface area (Å²) in [6.07, 6.45) is 0.786. The highest BCUT2D eigenvalue weighted by molar-refractivity contribution is 6.30. The number of ether oxygens (including phenoxy) is 1. The first-order valence-electron chi connectivity index (χ1n) is 7.07. The van der Waals surface area contributed by atoms with Crippen molar-refractivity contribution in [3.8, 4) is 5.75 Å². The van der Waals surface area contributed by atoms with E-state index in [0.717, 1.165) is 17.7 Å². The predicted molar refractivity (Wildman–Crippen MR) is 83.1 cm³/mol. The van der Waals surface area contributed by atoms with E-state index in [1.165, 1.54) is 0 Å². The van der Waals surface area contributed by atoms with Crippen molar-refractivity contribution in [2.24, 2.45) is 5.41 Å². The molecular weight excluding hydrogens is 290 g/mol. The molecule has 0 fully saturated rings. The highest BCUT2D eigenvalue weighted by Gasteiger charge is 2.43. The van der Waals surface area contributed by atoms with Gasteiger partial charge >= 0.3 is 5.97 Å². The Morgan fingerprint density at radius 2 is 2.10 bits per heavy atom. The molecule has 0 saturated carbocycles. The lowest BCUT2D eigenvalue weighted by molar-refractivity contribution is -0.151. The van der Waals surface area contributed by atoms with E-state index in [1.807, 2.05) is 32.0 Å². The Bertz CT molecular complexity index is 554. The lowest BCUT2D eigenvalue weighted by Crippen LogP contribution is -2.56. The SMILES string of the molecule is CC(C)(NCC1Cc2cc(Cl)ccc2O1)C(C)(C)C(=O)O. The first-order valence-corrected chi connectivity index (χ1v) is 7.45. The number of carbonyl (C=O) groups is 1. The van der Waals surface area contributed by atoms with E-state index in [2.05, 4.69) is 5.32 Å². The molecule has 0 saturated heterocycles. The minimum Gasteiger partial charge on any atom is -0.488 e. The van der Waals surface area contributed by atoms with Crippen LogP contribution in [0, 0.1) is 5.41 Å². The van der Waals surface area contributed by atoms with Gasteiger partial charge in [0, 0.05) is 23.5 Å². The van der Waals surface area contributed by atoms with Crippen LogP contribution in [0.1, 0.15) is 33.3 Å². The van der Waals surface area contributed by atoms with Crippen LogP contribution >= 0.6 is 11.6 Å². The third-order valence-electron chi connectivity index (χ3n) is 4.63. The molecule has 21 heavy (non-hydrogen) atoms.